The van der Waals surface area contributed by atoms with Crippen molar-refractivity contribution in [2.75, 3.05) is 6.61 Å². The van der Waals surface area contributed by atoms with Crippen LogP contribution in [0.15, 0.2) is 0 Å². The van der Waals surface area contributed by atoms with E-state index in [1.165, 1.54) is 6.42 Å². The molecule has 4 aliphatic rings. The molecule has 0 aromatic heterocycles. The van der Waals surface area contributed by atoms with E-state index in [2.05, 4.69) is 10.2 Å². The summed E-state index contributed by atoms with van der Waals surface area (Å²) in [7, 11) is 0. The van der Waals surface area contributed by atoms with Crippen LogP contribution in [0.25, 0.3) is 0 Å². The van der Waals surface area contributed by atoms with Crippen molar-refractivity contribution in [3.63, 3.8) is 0 Å². The zero-order chi connectivity index (χ0) is 13.7. The number of amides is 1. The molecule has 0 aromatic carbocycles. The Labute approximate surface area is 112 Å². The van der Waals surface area contributed by atoms with Crippen molar-refractivity contribution < 1.29 is 14.7 Å². The first-order valence-corrected chi connectivity index (χ1v) is 6.96. The van der Waals surface area contributed by atoms with Gasteiger partial charge in [-0.25, -0.2) is 0 Å². The van der Waals surface area contributed by atoms with E-state index < -0.39 is 5.09 Å². The van der Waals surface area contributed by atoms with Crippen LogP contribution < -0.4 is 5.32 Å². The van der Waals surface area contributed by atoms with Crippen molar-refractivity contribution in [2.24, 2.45) is 17.3 Å². The summed E-state index contributed by atoms with van der Waals surface area (Å²) >= 11 is 0. The maximum Gasteiger partial charge on any atom is 0.294 e. The Kier molecular flexibility index (Phi) is 2.73. The lowest BCUT2D eigenvalue weighted by molar-refractivity contribution is -0.761. The number of nitrogens with one attached hydrogen (secondary N) is 1. The van der Waals surface area contributed by atoms with E-state index in [9.17, 15) is 14.9 Å². The standard InChI is InChI=1S/C13H20N2O4/c1-9(16)14-13-5-10-2-11(6-13)4-12(3-10,7-13)8-19-15(17)18/h10-11H,2-8H2,1H3,(H,14,16). The van der Waals surface area contributed by atoms with Gasteiger partial charge < -0.3 is 10.2 Å². The van der Waals surface area contributed by atoms with Crippen LogP contribution in [0.2, 0.25) is 0 Å². The van der Waals surface area contributed by atoms with Gasteiger partial charge in [0.25, 0.3) is 5.09 Å². The van der Waals surface area contributed by atoms with E-state index in [1.54, 1.807) is 6.92 Å². The Morgan fingerprint density at radius 3 is 2.53 bits per heavy atom. The van der Waals surface area contributed by atoms with Crippen LogP contribution in [0.3, 0.4) is 0 Å². The summed E-state index contributed by atoms with van der Waals surface area (Å²) in [5, 5.41) is 12.9. The monoisotopic (exact) mass is 268 g/mol. The molecule has 4 aliphatic carbocycles. The van der Waals surface area contributed by atoms with Crippen molar-refractivity contribution in [2.45, 2.75) is 51.0 Å². The number of carbonyl (C=O) groups excluding carboxylic acids is 1. The number of nitrogens with zero attached hydrogens (tertiary/aromatic N) is 1. The van der Waals surface area contributed by atoms with Crippen molar-refractivity contribution in [3.05, 3.63) is 10.1 Å². The number of rotatable bonds is 4. The molecule has 1 amide bonds. The lowest BCUT2D eigenvalue weighted by Crippen LogP contribution is -2.63. The quantitative estimate of drug-likeness (QED) is 0.621. The second-order valence-electron chi connectivity index (χ2n) is 6.92. The largest absolute Gasteiger partial charge is 0.351 e. The van der Waals surface area contributed by atoms with Gasteiger partial charge in [0.15, 0.2) is 0 Å². The van der Waals surface area contributed by atoms with Crippen LogP contribution in [0.4, 0.5) is 0 Å². The zero-order valence-electron chi connectivity index (χ0n) is 11.2. The van der Waals surface area contributed by atoms with Crippen LogP contribution in [0.1, 0.15) is 45.4 Å². The van der Waals surface area contributed by atoms with Crippen molar-refractivity contribution in [1.82, 2.24) is 5.32 Å². The zero-order valence-corrected chi connectivity index (χ0v) is 11.2. The molecule has 0 radical (unpaired) electrons. The minimum Gasteiger partial charge on any atom is -0.351 e. The molecule has 0 aromatic rings. The van der Waals surface area contributed by atoms with Gasteiger partial charge in [-0.1, -0.05) is 0 Å². The summed E-state index contributed by atoms with van der Waals surface area (Å²) in [6.45, 7) is 1.74. The van der Waals surface area contributed by atoms with E-state index >= 15 is 0 Å². The average Bonchev–Trinajstić information content (AvgIpc) is 2.22. The third-order valence-electron chi connectivity index (χ3n) is 5.10. The Hall–Kier alpha value is -1.33. The molecule has 2 unspecified atom stereocenters. The fourth-order valence-electron chi connectivity index (χ4n) is 5.33. The first-order chi connectivity index (χ1) is 8.90. The molecular formula is C13H20N2O4. The van der Waals surface area contributed by atoms with Crippen LogP contribution in [-0.4, -0.2) is 23.1 Å². The molecule has 0 saturated heterocycles. The summed E-state index contributed by atoms with van der Waals surface area (Å²) in [6, 6.07) is 0. The molecule has 6 heteroatoms. The predicted octanol–water partition coefficient (Wildman–Crippen LogP) is 1.67. The SMILES string of the molecule is CC(=O)NC12CC3CC(CC(CO[N+](=O)[O-])(C3)C1)C2. The fourth-order valence-corrected chi connectivity index (χ4v) is 5.33. The van der Waals surface area contributed by atoms with E-state index in [0.717, 1.165) is 32.1 Å². The second-order valence-corrected chi connectivity index (χ2v) is 6.92. The number of hydrogen-bond acceptors (Lipinski definition) is 4. The summed E-state index contributed by atoms with van der Waals surface area (Å²) in [5.74, 6) is 1.18. The summed E-state index contributed by atoms with van der Waals surface area (Å²) in [6.07, 6.45) is 6.13. The van der Waals surface area contributed by atoms with Crippen LogP contribution in [0.5, 0.6) is 0 Å². The molecule has 4 fully saturated rings. The van der Waals surface area contributed by atoms with Crippen LogP contribution in [-0.2, 0) is 9.63 Å². The predicted molar refractivity (Wildman–Crippen MR) is 66.6 cm³/mol. The molecule has 1 N–H and O–H groups in total. The van der Waals surface area contributed by atoms with Gasteiger partial charge in [0.05, 0.1) is 0 Å². The molecule has 19 heavy (non-hydrogen) atoms. The normalized spacial score (nSPS) is 43.0. The second kappa shape index (κ2) is 4.08. The molecule has 4 bridgehead atoms. The molecule has 4 rings (SSSR count). The molecule has 0 spiro atoms. The highest BCUT2D eigenvalue weighted by atomic mass is 16.9. The third-order valence-corrected chi connectivity index (χ3v) is 5.10. The molecule has 0 heterocycles. The highest BCUT2D eigenvalue weighted by molar-refractivity contribution is 5.74. The number of carbonyl (C=O) groups is 1. The third kappa shape index (κ3) is 2.28. The maximum absolute atomic E-state index is 11.4. The highest BCUT2D eigenvalue weighted by Crippen LogP contribution is 2.61. The molecule has 6 nitrogen and oxygen atoms in total. The first kappa shape index (κ1) is 12.7. The summed E-state index contributed by atoms with van der Waals surface area (Å²) in [4.78, 5) is 26.6. The van der Waals surface area contributed by atoms with Crippen LogP contribution in [0, 0.1) is 27.4 Å². The Balaban J connectivity index is 1.80. The molecule has 4 saturated carbocycles. The molecular weight excluding hydrogens is 248 g/mol. The smallest absolute Gasteiger partial charge is 0.294 e. The Morgan fingerprint density at radius 2 is 2.00 bits per heavy atom. The van der Waals surface area contributed by atoms with Gasteiger partial charge in [-0.2, -0.15) is 0 Å². The topological polar surface area (TPSA) is 81.5 Å². The lowest BCUT2D eigenvalue weighted by atomic mass is 9.47. The highest BCUT2D eigenvalue weighted by Gasteiger charge is 2.58. The van der Waals surface area contributed by atoms with Crippen molar-refractivity contribution in [3.8, 4) is 0 Å². The molecule has 0 aliphatic heterocycles. The summed E-state index contributed by atoms with van der Waals surface area (Å²) in [5.41, 5.74) is -0.227. The maximum atomic E-state index is 11.4. The van der Waals surface area contributed by atoms with Gasteiger partial charge in [-0.15, -0.1) is 10.1 Å². The van der Waals surface area contributed by atoms with Crippen LogP contribution >= 0.6 is 0 Å². The fraction of sp³-hybridized carbons (Fsp3) is 0.923. The van der Waals surface area contributed by atoms with Gasteiger partial charge in [0.1, 0.15) is 6.61 Å². The minimum atomic E-state index is -0.691. The van der Waals surface area contributed by atoms with Crippen molar-refractivity contribution >= 4 is 5.91 Å². The van der Waals surface area contributed by atoms with Crippen molar-refractivity contribution in [1.29, 1.82) is 0 Å². The number of hydrogen-bond donors (Lipinski definition) is 1. The lowest BCUT2D eigenvalue weighted by Gasteiger charge is -2.61. The van der Waals surface area contributed by atoms with E-state index in [1.807, 2.05) is 0 Å². The Morgan fingerprint density at radius 1 is 1.37 bits per heavy atom. The van der Waals surface area contributed by atoms with Gasteiger partial charge in [0.2, 0.25) is 5.91 Å². The van der Waals surface area contributed by atoms with E-state index in [0.29, 0.717) is 11.8 Å². The van der Waals surface area contributed by atoms with Gasteiger partial charge >= 0.3 is 0 Å². The van der Waals surface area contributed by atoms with Gasteiger partial charge in [0, 0.05) is 12.5 Å². The Bertz CT molecular complexity index is 409. The van der Waals surface area contributed by atoms with E-state index in [-0.39, 0.29) is 23.5 Å². The molecule has 2 atom stereocenters. The average molecular weight is 268 g/mol. The first-order valence-electron chi connectivity index (χ1n) is 6.96. The minimum absolute atomic E-state index is 0.00675. The van der Waals surface area contributed by atoms with Gasteiger partial charge in [-0.3, -0.25) is 4.79 Å². The molecule has 106 valence electrons. The summed E-state index contributed by atoms with van der Waals surface area (Å²) < 4.78 is 0. The van der Waals surface area contributed by atoms with E-state index in [4.69, 9.17) is 0 Å². The van der Waals surface area contributed by atoms with Gasteiger partial charge in [-0.05, 0) is 55.8 Å².